The van der Waals surface area contributed by atoms with E-state index in [0.29, 0.717) is 10.7 Å². The third-order valence-electron chi connectivity index (χ3n) is 2.36. The van der Waals surface area contributed by atoms with Crippen LogP contribution in [0.15, 0.2) is 35.1 Å². The summed E-state index contributed by atoms with van der Waals surface area (Å²) in [5.74, 6) is -0.961. The summed E-state index contributed by atoms with van der Waals surface area (Å²) in [5, 5.41) is 3.20. The fraction of sp³-hybridized carbons (Fsp3) is 0.250. The minimum absolute atomic E-state index is 0.423. The summed E-state index contributed by atoms with van der Waals surface area (Å²) in [7, 11) is 0. The van der Waals surface area contributed by atoms with Gasteiger partial charge in [0.25, 0.3) is 0 Å². The molecule has 0 bridgehead atoms. The van der Waals surface area contributed by atoms with Gasteiger partial charge in [0.05, 0.1) is 5.41 Å². The number of carbonyl (C=O) groups excluding carboxylic acids is 1. The van der Waals surface area contributed by atoms with Crippen molar-refractivity contribution in [2.45, 2.75) is 13.8 Å². The summed E-state index contributed by atoms with van der Waals surface area (Å²) >= 11 is 8.60. The van der Waals surface area contributed by atoms with E-state index in [0.717, 1.165) is 4.99 Å². The number of hydrogen-bond donors (Lipinski definition) is 1. The Kier molecular flexibility index (Phi) is 4.71. The summed E-state index contributed by atoms with van der Waals surface area (Å²) in [5.41, 5.74) is -0.641. The first-order valence-electron chi connectivity index (χ1n) is 4.91. The zero-order chi connectivity index (χ0) is 13.1. The lowest BCUT2D eigenvalue weighted by Gasteiger charge is -2.21. The average Bonchev–Trinajstić information content (AvgIpc) is 2.30. The molecule has 1 amide bonds. The number of carbonyl (C=O) groups is 1. The van der Waals surface area contributed by atoms with Crippen LogP contribution in [-0.4, -0.2) is 5.91 Å². The third-order valence-corrected chi connectivity index (χ3v) is 3.02. The largest absolute Gasteiger partial charge is 0.325 e. The van der Waals surface area contributed by atoms with Gasteiger partial charge in [-0.15, -0.1) is 0 Å². The number of nitrogens with one attached hydrogen (secondary N) is 1. The topological polar surface area (TPSA) is 29.1 Å². The van der Waals surface area contributed by atoms with E-state index in [1.54, 1.807) is 24.3 Å². The second-order valence-corrected chi connectivity index (χ2v) is 4.94. The average molecular weight is 321 g/mol. The molecule has 0 fully saturated rings. The predicted molar refractivity (Wildman–Crippen MR) is 72.0 cm³/mol. The van der Waals surface area contributed by atoms with Crippen LogP contribution in [0, 0.1) is 5.41 Å². The molecule has 17 heavy (non-hydrogen) atoms. The molecule has 5 heteroatoms. The standard InChI is InChI=1S/C12H12BrClFNO/c1-12(2,10(15)7-13)11(17)16-9-5-3-8(14)4-6-9/h3-7H,1-2H3,(H,16,17)/b10-7-. The number of amides is 1. The van der Waals surface area contributed by atoms with Crippen LogP contribution < -0.4 is 5.32 Å². The van der Waals surface area contributed by atoms with E-state index in [1.807, 2.05) is 0 Å². The number of halogens is 3. The quantitative estimate of drug-likeness (QED) is 0.872. The first-order valence-corrected chi connectivity index (χ1v) is 6.20. The van der Waals surface area contributed by atoms with Crippen LogP contribution in [0.3, 0.4) is 0 Å². The normalized spacial score (nSPS) is 12.4. The molecule has 0 radical (unpaired) electrons. The zero-order valence-electron chi connectivity index (χ0n) is 9.43. The predicted octanol–water partition coefficient (Wildman–Crippen LogP) is 4.51. The Balaban J connectivity index is 2.82. The molecule has 1 rings (SSSR count). The van der Waals surface area contributed by atoms with Crippen molar-refractivity contribution in [2.75, 3.05) is 5.32 Å². The van der Waals surface area contributed by atoms with Crippen molar-refractivity contribution in [3.8, 4) is 0 Å². The minimum atomic E-state index is -1.22. The molecule has 0 unspecified atom stereocenters. The maximum Gasteiger partial charge on any atom is 0.236 e. The molecule has 0 saturated heterocycles. The molecule has 92 valence electrons. The van der Waals surface area contributed by atoms with Gasteiger partial charge in [-0.1, -0.05) is 27.5 Å². The summed E-state index contributed by atoms with van der Waals surface area (Å²) in [6, 6.07) is 6.62. The SMILES string of the molecule is CC(C)(C(=O)Nc1ccc(Cl)cc1)/C(F)=C/Br. The minimum Gasteiger partial charge on any atom is -0.325 e. The lowest BCUT2D eigenvalue weighted by molar-refractivity contribution is -0.122. The van der Waals surface area contributed by atoms with Crippen molar-refractivity contribution in [1.29, 1.82) is 0 Å². The summed E-state index contributed by atoms with van der Waals surface area (Å²) in [6.07, 6.45) is 0. The van der Waals surface area contributed by atoms with Gasteiger partial charge in [0.15, 0.2) is 0 Å². The summed E-state index contributed by atoms with van der Waals surface area (Å²) in [4.78, 5) is 13.0. The molecule has 0 aromatic heterocycles. The first kappa shape index (κ1) is 14.2. The van der Waals surface area contributed by atoms with Crippen molar-refractivity contribution in [3.63, 3.8) is 0 Å². The van der Waals surface area contributed by atoms with Crippen LogP contribution in [0.25, 0.3) is 0 Å². The van der Waals surface area contributed by atoms with Crippen molar-refractivity contribution in [1.82, 2.24) is 0 Å². The fourth-order valence-corrected chi connectivity index (χ4v) is 1.76. The van der Waals surface area contributed by atoms with E-state index in [4.69, 9.17) is 11.6 Å². The highest BCUT2D eigenvalue weighted by Gasteiger charge is 2.32. The first-order chi connectivity index (χ1) is 7.87. The summed E-state index contributed by atoms with van der Waals surface area (Å²) < 4.78 is 13.5. The van der Waals surface area contributed by atoms with E-state index in [1.165, 1.54) is 13.8 Å². The van der Waals surface area contributed by atoms with Crippen LogP contribution in [0.4, 0.5) is 10.1 Å². The molecule has 1 N–H and O–H groups in total. The van der Waals surface area contributed by atoms with Crippen molar-refractivity contribution < 1.29 is 9.18 Å². The van der Waals surface area contributed by atoms with Gasteiger partial charge in [0.2, 0.25) is 5.91 Å². The van der Waals surface area contributed by atoms with Crippen LogP contribution >= 0.6 is 27.5 Å². The zero-order valence-corrected chi connectivity index (χ0v) is 11.8. The maximum atomic E-state index is 13.5. The van der Waals surface area contributed by atoms with E-state index in [2.05, 4.69) is 21.2 Å². The lowest BCUT2D eigenvalue weighted by Crippen LogP contribution is -2.31. The fourth-order valence-electron chi connectivity index (χ4n) is 1.07. The molecule has 0 atom stereocenters. The Hall–Kier alpha value is -0.870. The Morgan fingerprint density at radius 2 is 1.94 bits per heavy atom. The van der Waals surface area contributed by atoms with E-state index >= 15 is 0 Å². The Labute approximate surface area is 113 Å². The number of benzene rings is 1. The van der Waals surface area contributed by atoms with Crippen molar-refractivity contribution in [3.05, 3.63) is 40.1 Å². The highest BCUT2D eigenvalue weighted by atomic mass is 79.9. The Bertz CT molecular complexity index is 442. The smallest absolute Gasteiger partial charge is 0.236 e. The van der Waals surface area contributed by atoms with Crippen molar-refractivity contribution in [2.24, 2.45) is 5.41 Å². The third kappa shape index (κ3) is 3.54. The highest BCUT2D eigenvalue weighted by Crippen LogP contribution is 2.30. The molecule has 0 heterocycles. The number of anilines is 1. The Morgan fingerprint density at radius 3 is 2.41 bits per heavy atom. The second-order valence-electron chi connectivity index (χ2n) is 4.04. The molecule has 0 spiro atoms. The molecular formula is C12H12BrClFNO. The van der Waals surface area contributed by atoms with Gasteiger partial charge in [0.1, 0.15) is 5.83 Å². The number of rotatable bonds is 3. The summed E-state index contributed by atoms with van der Waals surface area (Å²) in [6.45, 7) is 3.01. The molecule has 2 nitrogen and oxygen atoms in total. The van der Waals surface area contributed by atoms with Gasteiger partial charge in [-0.25, -0.2) is 4.39 Å². The lowest BCUT2D eigenvalue weighted by atomic mass is 9.91. The molecule has 0 aliphatic carbocycles. The maximum absolute atomic E-state index is 13.5. The van der Waals surface area contributed by atoms with Crippen molar-refractivity contribution >= 4 is 39.1 Å². The van der Waals surface area contributed by atoms with E-state index < -0.39 is 17.1 Å². The van der Waals surface area contributed by atoms with Crippen LogP contribution in [0.5, 0.6) is 0 Å². The van der Waals surface area contributed by atoms with Gasteiger partial charge in [-0.3, -0.25) is 4.79 Å². The second kappa shape index (κ2) is 5.65. The van der Waals surface area contributed by atoms with Gasteiger partial charge < -0.3 is 5.32 Å². The molecule has 0 aliphatic heterocycles. The molecule has 0 aliphatic rings. The van der Waals surface area contributed by atoms with Gasteiger partial charge in [0, 0.05) is 15.7 Å². The van der Waals surface area contributed by atoms with Crippen LogP contribution in [0.2, 0.25) is 5.02 Å². The van der Waals surface area contributed by atoms with Gasteiger partial charge in [-0.2, -0.15) is 0 Å². The van der Waals surface area contributed by atoms with Crippen LogP contribution in [0.1, 0.15) is 13.8 Å². The molecule has 1 aromatic rings. The highest BCUT2D eigenvalue weighted by molar-refractivity contribution is 9.11. The molecule has 0 saturated carbocycles. The van der Waals surface area contributed by atoms with E-state index in [9.17, 15) is 9.18 Å². The molecule has 1 aromatic carbocycles. The van der Waals surface area contributed by atoms with Gasteiger partial charge in [-0.05, 0) is 38.1 Å². The van der Waals surface area contributed by atoms with Gasteiger partial charge >= 0.3 is 0 Å². The number of hydrogen-bond acceptors (Lipinski definition) is 1. The molecular weight excluding hydrogens is 308 g/mol. The monoisotopic (exact) mass is 319 g/mol. The van der Waals surface area contributed by atoms with E-state index in [-0.39, 0.29) is 0 Å². The van der Waals surface area contributed by atoms with Crippen LogP contribution in [-0.2, 0) is 4.79 Å². The Morgan fingerprint density at radius 1 is 1.41 bits per heavy atom.